The fourth-order valence-electron chi connectivity index (χ4n) is 3.45. The van der Waals surface area contributed by atoms with Gasteiger partial charge in [0.25, 0.3) is 11.8 Å². The number of carbonyl (C=O) groups is 2. The van der Waals surface area contributed by atoms with E-state index < -0.39 is 0 Å². The molecule has 6 heteroatoms. The average molecular weight is 414 g/mol. The Balaban J connectivity index is 1.88. The highest BCUT2D eigenvalue weighted by Crippen LogP contribution is 2.28. The number of anilines is 2. The Hall–Kier alpha value is -2.53. The molecule has 154 valence electrons. The molecule has 2 aromatic rings. The Morgan fingerprint density at radius 3 is 2.45 bits per heavy atom. The second kappa shape index (κ2) is 9.79. The maximum atomic E-state index is 13.0. The zero-order chi connectivity index (χ0) is 20.8. The van der Waals surface area contributed by atoms with Crippen LogP contribution in [-0.4, -0.2) is 30.9 Å². The smallest absolute Gasteiger partial charge is 0.257 e. The van der Waals surface area contributed by atoms with Crippen molar-refractivity contribution in [3.8, 4) is 0 Å². The molecular weight excluding hydrogens is 386 g/mol. The lowest BCUT2D eigenvalue weighted by atomic mass is 10.0. The van der Waals surface area contributed by atoms with Gasteiger partial charge in [-0.25, -0.2) is 0 Å². The number of nitrogens with one attached hydrogen (secondary N) is 2. The summed E-state index contributed by atoms with van der Waals surface area (Å²) >= 11 is 6.14. The van der Waals surface area contributed by atoms with Gasteiger partial charge in [-0.2, -0.15) is 0 Å². The number of benzene rings is 2. The molecule has 2 aromatic carbocycles. The topological polar surface area (TPSA) is 61.4 Å². The Labute approximate surface area is 177 Å². The van der Waals surface area contributed by atoms with E-state index in [0.29, 0.717) is 21.8 Å². The quantitative estimate of drug-likeness (QED) is 0.691. The largest absolute Gasteiger partial charge is 0.371 e. The molecule has 1 saturated heterocycles. The molecule has 3 rings (SSSR count). The van der Waals surface area contributed by atoms with Gasteiger partial charge in [-0.3, -0.25) is 9.59 Å². The first-order valence-electron chi connectivity index (χ1n) is 10.3. The van der Waals surface area contributed by atoms with E-state index in [4.69, 9.17) is 11.6 Å². The van der Waals surface area contributed by atoms with Crippen molar-refractivity contribution in [1.29, 1.82) is 0 Å². The summed E-state index contributed by atoms with van der Waals surface area (Å²) in [7, 11) is 0. The molecule has 0 spiro atoms. The zero-order valence-corrected chi connectivity index (χ0v) is 17.8. The molecule has 1 heterocycles. The molecule has 5 nitrogen and oxygen atoms in total. The lowest BCUT2D eigenvalue weighted by Gasteiger charge is -2.31. The number of amides is 2. The highest BCUT2D eigenvalue weighted by atomic mass is 35.5. The summed E-state index contributed by atoms with van der Waals surface area (Å²) in [5.41, 5.74) is 2.48. The summed E-state index contributed by atoms with van der Waals surface area (Å²) < 4.78 is 0. The number of nitrogens with zero attached hydrogens (tertiary/aromatic N) is 1. The van der Waals surface area contributed by atoms with E-state index in [1.165, 1.54) is 6.42 Å². The van der Waals surface area contributed by atoms with Crippen LogP contribution in [0, 0.1) is 0 Å². The van der Waals surface area contributed by atoms with Crippen molar-refractivity contribution in [3.63, 3.8) is 0 Å². The van der Waals surface area contributed by atoms with E-state index in [0.717, 1.165) is 38.0 Å². The summed E-state index contributed by atoms with van der Waals surface area (Å²) in [5, 5.41) is 6.31. The molecule has 2 amide bonds. The van der Waals surface area contributed by atoms with Crippen molar-refractivity contribution >= 4 is 34.8 Å². The number of hydrogen-bond donors (Lipinski definition) is 2. The maximum absolute atomic E-state index is 13.0. The predicted molar refractivity (Wildman–Crippen MR) is 119 cm³/mol. The number of halogens is 1. The van der Waals surface area contributed by atoms with Gasteiger partial charge in [-0.05, 0) is 62.9 Å². The van der Waals surface area contributed by atoms with Crippen LogP contribution in [0.25, 0.3) is 0 Å². The number of hydrogen-bond acceptors (Lipinski definition) is 3. The molecule has 1 aliphatic rings. The molecule has 0 radical (unpaired) electrons. The van der Waals surface area contributed by atoms with Crippen LogP contribution in [0.1, 0.15) is 60.2 Å². The van der Waals surface area contributed by atoms with Gasteiger partial charge in [0, 0.05) is 30.5 Å². The molecule has 2 N–H and O–H groups in total. The summed E-state index contributed by atoms with van der Waals surface area (Å²) in [4.78, 5) is 27.8. The van der Waals surface area contributed by atoms with Crippen molar-refractivity contribution in [2.45, 2.75) is 45.6 Å². The van der Waals surface area contributed by atoms with Crippen LogP contribution < -0.4 is 15.5 Å². The molecule has 1 aliphatic heterocycles. The normalized spacial score (nSPS) is 14.9. The lowest BCUT2D eigenvalue weighted by molar-refractivity contribution is 0.0938. The molecule has 1 atom stereocenters. The van der Waals surface area contributed by atoms with Crippen LogP contribution in [0.3, 0.4) is 0 Å². The van der Waals surface area contributed by atoms with Crippen LogP contribution in [-0.2, 0) is 0 Å². The number of piperidine rings is 1. The van der Waals surface area contributed by atoms with Gasteiger partial charge in [-0.1, -0.05) is 30.7 Å². The monoisotopic (exact) mass is 413 g/mol. The number of carbonyl (C=O) groups excluding carboxylic acids is 2. The molecule has 0 bridgehead atoms. The molecule has 29 heavy (non-hydrogen) atoms. The van der Waals surface area contributed by atoms with Gasteiger partial charge in [0.15, 0.2) is 0 Å². The van der Waals surface area contributed by atoms with Gasteiger partial charge in [0.05, 0.1) is 16.1 Å². The van der Waals surface area contributed by atoms with Gasteiger partial charge in [0.1, 0.15) is 0 Å². The summed E-state index contributed by atoms with van der Waals surface area (Å²) in [5.74, 6) is -0.414. The van der Waals surface area contributed by atoms with Crippen molar-refractivity contribution in [3.05, 3.63) is 58.6 Å². The lowest BCUT2D eigenvalue weighted by Crippen LogP contribution is -2.35. The predicted octanol–water partition coefficient (Wildman–Crippen LogP) is 5.11. The average Bonchev–Trinajstić information content (AvgIpc) is 2.74. The second-order valence-electron chi connectivity index (χ2n) is 7.50. The molecule has 0 aliphatic carbocycles. The fraction of sp³-hybridized carbons (Fsp3) is 0.391. The Morgan fingerprint density at radius 1 is 1.03 bits per heavy atom. The van der Waals surface area contributed by atoms with Crippen LogP contribution in [0.4, 0.5) is 11.4 Å². The first-order chi connectivity index (χ1) is 14.0. The standard InChI is InChI=1S/C23H28ClN3O2/c1-3-16(2)25-23(29)19-15-17(11-12-21(19)27-13-7-4-8-14-27)26-22(28)18-9-5-6-10-20(18)24/h5-6,9-12,15-16H,3-4,7-8,13-14H2,1-2H3,(H,25,29)(H,26,28)/t16-/m1/s1. The molecule has 1 fully saturated rings. The van der Waals surface area contributed by atoms with Crippen LogP contribution in [0.15, 0.2) is 42.5 Å². The highest BCUT2D eigenvalue weighted by Gasteiger charge is 2.21. The summed E-state index contributed by atoms with van der Waals surface area (Å²) in [6.45, 7) is 5.90. The van der Waals surface area contributed by atoms with Crippen LogP contribution in [0.5, 0.6) is 0 Å². The van der Waals surface area contributed by atoms with E-state index in [1.54, 1.807) is 30.3 Å². The third kappa shape index (κ3) is 5.30. The number of rotatable bonds is 6. The summed E-state index contributed by atoms with van der Waals surface area (Å²) in [6, 6.07) is 12.5. The molecule has 0 aromatic heterocycles. The minimum absolute atomic E-state index is 0.0816. The molecular formula is C23H28ClN3O2. The van der Waals surface area contributed by atoms with Crippen LogP contribution >= 0.6 is 11.6 Å². The minimum Gasteiger partial charge on any atom is -0.371 e. The third-order valence-corrected chi connectivity index (χ3v) is 5.63. The van der Waals surface area contributed by atoms with E-state index >= 15 is 0 Å². The molecule has 0 unspecified atom stereocenters. The van der Waals surface area contributed by atoms with Gasteiger partial charge >= 0.3 is 0 Å². The second-order valence-corrected chi connectivity index (χ2v) is 7.90. The van der Waals surface area contributed by atoms with Crippen molar-refractivity contribution in [1.82, 2.24) is 5.32 Å². The van der Waals surface area contributed by atoms with Gasteiger partial charge < -0.3 is 15.5 Å². The first-order valence-corrected chi connectivity index (χ1v) is 10.6. The SMILES string of the molecule is CC[C@@H](C)NC(=O)c1cc(NC(=O)c2ccccc2Cl)ccc1N1CCCCC1. The Bertz CT molecular complexity index is 878. The van der Waals surface area contributed by atoms with E-state index in [9.17, 15) is 9.59 Å². The zero-order valence-electron chi connectivity index (χ0n) is 17.0. The fourth-order valence-corrected chi connectivity index (χ4v) is 3.68. The van der Waals surface area contributed by atoms with E-state index in [-0.39, 0.29) is 17.9 Å². The molecule has 0 saturated carbocycles. The first kappa shape index (κ1) is 21.2. The third-order valence-electron chi connectivity index (χ3n) is 5.30. The van der Waals surface area contributed by atoms with E-state index in [2.05, 4.69) is 15.5 Å². The minimum atomic E-state index is -0.297. The summed E-state index contributed by atoms with van der Waals surface area (Å²) in [6.07, 6.45) is 4.32. The van der Waals surface area contributed by atoms with Crippen molar-refractivity contribution in [2.24, 2.45) is 0 Å². The van der Waals surface area contributed by atoms with Gasteiger partial charge in [0.2, 0.25) is 0 Å². The Morgan fingerprint density at radius 2 is 1.76 bits per heavy atom. The Kier molecular flexibility index (Phi) is 7.15. The van der Waals surface area contributed by atoms with Crippen molar-refractivity contribution < 1.29 is 9.59 Å². The van der Waals surface area contributed by atoms with Gasteiger partial charge in [-0.15, -0.1) is 0 Å². The highest BCUT2D eigenvalue weighted by molar-refractivity contribution is 6.34. The maximum Gasteiger partial charge on any atom is 0.257 e. The van der Waals surface area contributed by atoms with Crippen molar-refractivity contribution in [2.75, 3.05) is 23.3 Å². The van der Waals surface area contributed by atoms with E-state index in [1.807, 2.05) is 26.0 Å². The van der Waals surface area contributed by atoms with Crippen LogP contribution in [0.2, 0.25) is 5.02 Å².